The van der Waals surface area contributed by atoms with Crippen LogP contribution in [-0.2, 0) is 0 Å². The molecule has 4 heteroatoms. The van der Waals surface area contributed by atoms with Crippen LogP contribution in [0.1, 0.15) is 41.0 Å². The molecule has 94 valence electrons. The number of rotatable bonds is 1. The maximum atomic E-state index is 11.7. The Bertz CT molecular complexity index is 283. The molecule has 0 bridgehead atoms. The van der Waals surface area contributed by atoms with Crippen molar-refractivity contribution in [3.05, 3.63) is 0 Å². The summed E-state index contributed by atoms with van der Waals surface area (Å²) in [6.07, 6.45) is 0.0699. The summed E-state index contributed by atoms with van der Waals surface area (Å²) in [6.45, 7) is 10.7. The first-order valence-corrected chi connectivity index (χ1v) is 6.00. The summed E-state index contributed by atoms with van der Waals surface area (Å²) < 4.78 is 0.103. The average molecular weight is 229 g/mol. The molecule has 3 atom stereocenters. The van der Waals surface area contributed by atoms with Gasteiger partial charge in [-0.1, -0.05) is 13.8 Å². The van der Waals surface area contributed by atoms with Gasteiger partial charge in [0.15, 0.2) is 0 Å². The lowest BCUT2D eigenvalue weighted by atomic mass is 9.93. The van der Waals surface area contributed by atoms with E-state index in [0.717, 1.165) is 6.42 Å². The van der Waals surface area contributed by atoms with Crippen molar-refractivity contribution in [3.8, 4) is 0 Å². The normalized spacial score (nSPS) is 35.7. The highest BCUT2D eigenvalue weighted by Gasteiger charge is 2.59. The van der Waals surface area contributed by atoms with Crippen LogP contribution in [0.15, 0.2) is 0 Å². The lowest BCUT2D eigenvalue weighted by Crippen LogP contribution is -2.67. The summed E-state index contributed by atoms with van der Waals surface area (Å²) in [5, 5.41) is 9.65. The van der Waals surface area contributed by atoms with E-state index in [4.69, 9.17) is 5.73 Å². The molecule has 4 nitrogen and oxygen atoms in total. The fourth-order valence-electron chi connectivity index (χ4n) is 3.13. The Morgan fingerprint density at radius 2 is 1.94 bits per heavy atom. The van der Waals surface area contributed by atoms with E-state index in [0.29, 0.717) is 12.5 Å². The van der Waals surface area contributed by atoms with Crippen LogP contribution in [0.2, 0.25) is 0 Å². The van der Waals surface area contributed by atoms with Crippen LogP contribution in [0.5, 0.6) is 0 Å². The molecule has 0 aromatic rings. The molecule has 0 spiro atoms. The smallest absolute Gasteiger partial charge is 0.435 e. The molecule has 1 fully saturated rings. The molecule has 1 amide bonds. The molecule has 0 saturated carbocycles. The number of carbonyl (C=O) groups is 1. The molecule has 0 aromatic carbocycles. The Morgan fingerprint density at radius 3 is 2.19 bits per heavy atom. The van der Waals surface area contributed by atoms with Crippen LogP contribution in [0, 0.1) is 5.92 Å². The highest BCUT2D eigenvalue weighted by atomic mass is 16.4. The zero-order valence-electron chi connectivity index (χ0n) is 11.0. The van der Waals surface area contributed by atoms with Gasteiger partial charge in [-0.3, -0.25) is 0 Å². The van der Waals surface area contributed by atoms with Crippen molar-refractivity contribution < 1.29 is 14.4 Å². The van der Waals surface area contributed by atoms with Crippen molar-refractivity contribution in [2.24, 2.45) is 11.7 Å². The second-order valence-corrected chi connectivity index (χ2v) is 6.31. The number of quaternary nitrogens is 1. The molecular formula is C12H25N2O2+. The third-order valence-electron chi connectivity index (χ3n) is 3.94. The van der Waals surface area contributed by atoms with Crippen molar-refractivity contribution in [1.82, 2.24) is 0 Å². The summed E-state index contributed by atoms with van der Waals surface area (Å²) in [5.41, 5.74) is 5.68. The minimum atomic E-state index is -0.737. The van der Waals surface area contributed by atoms with E-state index in [2.05, 4.69) is 13.8 Å². The van der Waals surface area contributed by atoms with E-state index < -0.39 is 6.09 Å². The quantitative estimate of drug-likeness (QED) is 0.676. The summed E-state index contributed by atoms with van der Waals surface area (Å²) in [7, 11) is 0. The molecule has 3 N–H and O–H groups in total. The summed E-state index contributed by atoms with van der Waals surface area (Å²) in [6, 6.07) is 0.121. The van der Waals surface area contributed by atoms with Crippen molar-refractivity contribution in [3.63, 3.8) is 0 Å². The predicted molar refractivity (Wildman–Crippen MR) is 64.1 cm³/mol. The maximum absolute atomic E-state index is 11.7. The van der Waals surface area contributed by atoms with Gasteiger partial charge in [-0.2, -0.15) is 4.79 Å². The van der Waals surface area contributed by atoms with Crippen molar-refractivity contribution in [1.29, 1.82) is 0 Å². The van der Waals surface area contributed by atoms with Gasteiger partial charge in [-0.05, 0) is 20.8 Å². The van der Waals surface area contributed by atoms with Gasteiger partial charge in [0.05, 0.1) is 6.04 Å². The third kappa shape index (κ3) is 1.84. The molecular weight excluding hydrogens is 204 g/mol. The monoisotopic (exact) mass is 229 g/mol. The average Bonchev–Trinajstić information content (AvgIpc) is 2.42. The Kier molecular flexibility index (Phi) is 3.37. The van der Waals surface area contributed by atoms with Gasteiger partial charge in [0, 0.05) is 12.3 Å². The highest BCUT2D eigenvalue weighted by Crippen LogP contribution is 2.39. The van der Waals surface area contributed by atoms with Gasteiger partial charge in [-0.25, -0.2) is 4.48 Å². The maximum Gasteiger partial charge on any atom is 0.514 e. The van der Waals surface area contributed by atoms with Crippen molar-refractivity contribution in [2.45, 2.75) is 58.7 Å². The number of nitrogens with zero attached hydrogens (tertiary/aromatic N) is 1. The molecule has 1 aliphatic heterocycles. The Labute approximate surface area is 98.0 Å². The predicted octanol–water partition coefficient (Wildman–Crippen LogP) is 2.04. The molecule has 0 aromatic heterocycles. The minimum Gasteiger partial charge on any atom is -0.435 e. The first-order valence-electron chi connectivity index (χ1n) is 6.00. The number of nitrogens with two attached hydrogens (primary N) is 1. The first-order chi connectivity index (χ1) is 7.13. The number of amides is 1. The molecule has 0 radical (unpaired) electrons. The van der Waals surface area contributed by atoms with E-state index in [-0.39, 0.29) is 22.1 Å². The molecule has 1 unspecified atom stereocenters. The fourth-order valence-corrected chi connectivity index (χ4v) is 3.13. The van der Waals surface area contributed by atoms with Gasteiger partial charge in [0.2, 0.25) is 0 Å². The van der Waals surface area contributed by atoms with Crippen molar-refractivity contribution in [2.75, 3.05) is 6.54 Å². The minimum absolute atomic E-state index is 0.00252. The van der Waals surface area contributed by atoms with E-state index in [1.165, 1.54) is 0 Å². The topological polar surface area (TPSA) is 63.3 Å². The lowest BCUT2D eigenvalue weighted by Gasteiger charge is -2.46. The summed E-state index contributed by atoms with van der Waals surface area (Å²) >= 11 is 0. The second kappa shape index (κ2) is 4.00. The van der Waals surface area contributed by atoms with Crippen molar-refractivity contribution >= 4 is 6.09 Å². The van der Waals surface area contributed by atoms with Gasteiger partial charge in [-0.15, -0.1) is 0 Å². The largest absolute Gasteiger partial charge is 0.514 e. The SMILES string of the molecule is CC(C)[C@H]1C[C@@H](N)C[N+]1(C(=O)O)C(C)(C)C. The summed E-state index contributed by atoms with van der Waals surface area (Å²) in [5.74, 6) is 0.337. The number of hydrogen-bond acceptors (Lipinski definition) is 2. The molecule has 1 heterocycles. The van der Waals surface area contributed by atoms with Gasteiger partial charge in [0.1, 0.15) is 18.1 Å². The molecule has 1 rings (SSSR count). The number of carboxylic acid groups (broad SMARTS) is 1. The van der Waals surface area contributed by atoms with Crippen LogP contribution >= 0.6 is 0 Å². The first kappa shape index (κ1) is 13.5. The zero-order chi connectivity index (χ0) is 12.7. The molecule has 1 aliphatic rings. The van der Waals surface area contributed by atoms with Crippen LogP contribution in [0.25, 0.3) is 0 Å². The summed E-state index contributed by atoms with van der Waals surface area (Å²) in [4.78, 5) is 11.7. The fraction of sp³-hybridized carbons (Fsp3) is 0.917. The third-order valence-corrected chi connectivity index (χ3v) is 3.94. The number of hydrogen-bond donors (Lipinski definition) is 2. The molecule has 1 saturated heterocycles. The van der Waals surface area contributed by atoms with Gasteiger partial charge < -0.3 is 10.8 Å². The highest BCUT2D eigenvalue weighted by molar-refractivity contribution is 5.58. The van der Waals surface area contributed by atoms with Crippen LogP contribution in [-0.4, -0.2) is 39.9 Å². The Hall–Kier alpha value is -0.610. The van der Waals surface area contributed by atoms with Gasteiger partial charge >= 0.3 is 6.09 Å². The van der Waals surface area contributed by atoms with Crippen LogP contribution < -0.4 is 5.73 Å². The van der Waals surface area contributed by atoms with E-state index in [9.17, 15) is 9.90 Å². The molecule has 0 aliphatic carbocycles. The van der Waals surface area contributed by atoms with Crippen LogP contribution in [0.4, 0.5) is 4.79 Å². The lowest BCUT2D eigenvalue weighted by molar-refractivity contribution is -0.918. The Morgan fingerprint density at radius 1 is 1.44 bits per heavy atom. The second-order valence-electron chi connectivity index (χ2n) is 6.31. The van der Waals surface area contributed by atoms with Gasteiger partial charge in [0.25, 0.3) is 0 Å². The van der Waals surface area contributed by atoms with E-state index in [1.807, 2.05) is 20.8 Å². The molecule has 16 heavy (non-hydrogen) atoms. The van der Waals surface area contributed by atoms with E-state index in [1.54, 1.807) is 0 Å². The van der Waals surface area contributed by atoms with E-state index >= 15 is 0 Å². The Balaban J connectivity index is 3.23. The zero-order valence-corrected chi connectivity index (χ0v) is 11.0. The number of likely N-dealkylation sites (tertiary alicyclic amines) is 1. The standard InChI is InChI=1S/C12H24N2O2/c1-8(2)10-6-9(13)7-14(10,11(15)16)12(3,4)5/h8-10H,6-7,13H2,1-5H3/p+1/t9-,10-,14?/m1/s1. The van der Waals surface area contributed by atoms with Crippen LogP contribution in [0.3, 0.4) is 0 Å².